The fourth-order valence-corrected chi connectivity index (χ4v) is 3.45. The van der Waals surface area contributed by atoms with Gasteiger partial charge in [-0.05, 0) is 36.6 Å². The van der Waals surface area contributed by atoms with Crippen LogP contribution in [-0.2, 0) is 24.3 Å². The van der Waals surface area contributed by atoms with Crippen LogP contribution in [-0.4, -0.2) is 32.2 Å². The van der Waals surface area contributed by atoms with Gasteiger partial charge in [0.1, 0.15) is 6.54 Å². The third kappa shape index (κ3) is 4.77. The molecular formula is C23H24N6O3. The Balaban J connectivity index is 1.38. The average Bonchev–Trinajstić information content (AvgIpc) is 3.17. The van der Waals surface area contributed by atoms with E-state index >= 15 is 0 Å². The monoisotopic (exact) mass is 432 g/mol. The number of benzene rings is 2. The van der Waals surface area contributed by atoms with Crippen molar-refractivity contribution in [1.29, 1.82) is 0 Å². The van der Waals surface area contributed by atoms with Gasteiger partial charge in [0, 0.05) is 25.0 Å². The first-order valence-corrected chi connectivity index (χ1v) is 10.3. The molecule has 0 saturated heterocycles. The molecule has 0 aliphatic carbocycles. The largest absolute Gasteiger partial charge is 0.365 e. The summed E-state index contributed by atoms with van der Waals surface area (Å²) in [6.07, 6.45) is 2.33. The molecule has 4 aromatic rings. The Morgan fingerprint density at radius 1 is 1.06 bits per heavy atom. The predicted molar refractivity (Wildman–Crippen MR) is 123 cm³/mol. The maximum Gasteiger partial charge on any atom is 0.293 e. The summed E-state index contributed by atoms with van der Waals surface area (Å²) in [6, 6.07) is 15.3. The van der Waals surface area contributed by atoms with Gasteiger partial charge in [-0.2, -0.15) is 0 Å². The predicted octanol–water partition coefficient (Wildman–Crippen LogP) is 1.69. The molecule has 0 unspecified atom stereocenters. The minimum absolute atomic E-state index is 0.118. The lowest BCUT2D eigenvalue weighted by Gasteiger charge is -2.13. The van der Waals surface area contributed by atoms with Gasteiger partial charge in [-0.15, -0.1) is 0 Å². The zero-order chi connectivity index (χ0) is 22.5. The van der Waals surface area contributed by atoms with Crippen molar-refractivity contribution in [3.8, 4) is 0 Å². The molecule has 1 amide bonds. The number of carbonyl (C=O) groups excluding carboxylic acids is 1. The zero-order valence-corrected chi connectivity index (χ0v) is 17.6. The van der Waals surface area contributed by atoms with E-state index in [1.807, 2.05) is 36.4 Å². The van der Waals surface area contributed by atoms with Crippen LogP contribution in [0.3, 0.4) is 0 Å². The van der Waals surface area contributed by atoms with Gasteiger partial charge in [0.05, 0.1) is 10.9 Å². The zero-order valence-electron chi connectivity index (χ0n) is 17.6. The molecule has 0 spiro atoms. The highest BCUT2D eigenvalue weighted by Gasteiger charge is 2.12. The van der Waals surface area contributed by atoms with E-state index in [4.69, 9.17) is 0 Å². The number of nitrogens with one attached hydrogen (secondary N) is 4. The standard InChI is InChI=1S/C23H24N6O3/c1-15-12-26-21(24-10-9-16-5-3-2-4-6-16)23(32)29(15)14-20(30)25-13-17-7-8-19-18(11-17)22(31)28-27-19/h2-8,11-12H,9-10,13-14H2,1H3,(H,24,26)(H,25,30)(H2,27,28,31). The van der Waals surface area contributed by atoms with E-state index < -0.39 is 0 Å². The van der Waals surface area contributed by atoms with E-state index in [2.05, 4.69) is 25.8 Å². The Kier molecular flexibility index (Phi) is 6.16. The van der Waals surface area contributed by atoms with Crippen molar-refractivity contribution < 1.29 is 4.79 Å². The maximum atomic E-state index is 12.8. The van der Waals surface area contributed by atoms with Gasteiger partial charge in [-0.25, -0.2) is 4.98 Å². The summed E-state index contributed by atoms with van der Waals surface area (Å²) in [4.78, 5) is 41.2. The van der Waals surface area contributed by atoms with Gasteiger partial charge in [-0.3, -0.25) is 29.1 Å². The number of H-pyrrole nitrogens is 2. The van der Waals surface area contributed by atoms with Crippen LogP contribution in [0.2, 0.25) is 0 Å². The van der Waals surface area contributed by atoms with Crippen molar-refractivity contribution in [2.24, 2.45) is 0 Å². The first kappa shape index (κ1) is 21.1. The van der Waals surface area contributed by atoms with Crippen LogP contribution in [0.4, 0.5) is 5.82 Å². The highest BCUT2D eigenvalue weighted by Crippen LogP contribution is 2.09. The highest BCUT2D eigenvalue weighted by molar-refractivity contribution is 5.79. The molecule has 0 atom stereocenters. The van der Waals surface area contributed by atoms with Crippen molar-refractivity contribution in [2.45, 2.75) is 26.4 Å². The lowest BCUT2D eigenvalue weighted by Crippen LogP contribution is -2.34. The fraction of sp³-hybridized carbons (Fsp3) is 0.217. The van der Waals surface area contributed by atoms with E-state index in [0.29, 0.717) is 23.1 Å². The number of carbonyl (C=O) groups is 1. The second kappa shape index (κ2) is 9.34. The van der Waals surface area contributed by atoms with Crippen LogP contribution in [0.1, 0.15) is 16.8 Å². The van der Waals surface area contributed by atoms with Crippen molar-refractivity contribution in [3.05, 3.63) is 92.3 Å². The Labute approximate surface area is 183 Å². The molecule has 0 aliphatic rings. The summed E-state index contributed by atoms with van der Waals surface area (Å²) >= 11 is 0. The number of hydrogen-bond donors (Lipinski definition) is 4. The molecular weight excluding hydrogens is 408 g/mol. The number of nitrogens with zero attached hydrogens (tertiary/aromatic N) is 2. The van der Waals surface area contributed by atoms with Crippen molar-refractivity contribution in [2.75, 3.05) is 11.9 Å². The molecule has 0 aliphatic heterocycles. The fourth-order valence-electron chi connectivity index (χ4n) is 3.45. The normalized spacial score (nSPS) is 10.9. The molecule has 2 aromatic carbocycles. The van der Waals surface area contributed by atoms with E-state index in [1.165, 1.54) is 4.57 Å². The van der Waals surface area contributed by atoms with Crippen LogP contribution < -0.4 is 21.8 Å². The molecule has 2 heterocycles. The molecule has 9 nitrogen and oxygen atoms in total. The summed E-state index contributed by atoms with van der Waals surface area (Å²) in [5.74, 6) is -0.0869. The number of amides is 1. The summed E-state index contributed by atoms with van der Waals surface area (Å²) in [5, 5.41) is 11.7. The number of aryl methyl sites for hydroxylation is 1. The van der Waals surface area contributed by atoms with E-state index in [1.54, 1.807) is 25.3 Å². The van der Waals surface area contributed by atoms with E-state index in [0.717, 1.165) is 17.5 Å². The third-order valence-corrected chi connectivity index (χ3v) is 5.23. The van der Waals surface area contributed by atoms with E-state index in [-0.39, 0.29) is 35.9 Å². The second-order valence-electron chi connectivity index (χ2n) is 7.54. The first-order chi connectivity index (χ1) is 15.5. The van der Waals surface area contributed by atoms with Gasteiger partial charge in [0.25, 0.3) is 11.1 Å². The topological polar surface area (TPSA) is 125 Å². The number of fused-ring (bicyclic) bond motifs is 1. The summed E-state index contributed by atoms with van der Waals surface area (Å²) in [7, 11) is 0. The van der Waals surface area contributed by atoms with Crippen molar-refractivity contribution in [3.63, 3.8) is 0 Å². The van der Waals surface area contributed by atoms with Gasteiger partial charge in [-0.1, -0.05) is 36.4 Å². The lowest BCUT2D eigenvalue weighted by atomic mass is 10.1. The molecule has 0 radical (unpaired) electrons. The van der Waals surface area contributed by atoms with Crippen LogP contribution in [0.15, 0.2) is 64.3 Å². The molecule has 9 heteroatoms. The minimum Gasteiger partial charge on any atom is -0.365 e. The number of hydrogen-bond acceptors (Lipinski definition) is 5. The molecule has 2 aromatic heterocycles. The average molecular weight is 432 g/mol. The van der Waals surface area contributed by atoms with Crippen molar-refractivity contribution >= 4 is 22.6 Å². The molecule has 0 saturated carbocycles. The second-order valence-corrected chi connectivity index (χ2v) is 7.54. The van der Waals surface area contributed by atoms with Crippen molar-refractivity contribution in [1.82, 2.24) is 25.1 Å². The number of rotatable bonds is 8. The van der Waals surface area contributed by atoms with Crippen LogP contribution in [0.5, 0.6) is 0 Å². The van der Waals surface area contributed by atoms with Gasteiger partial charge >= 0.3 is 0 Å². The Morgan fingerprint density at radius 3 is 2.69 bits per heavy atom. The molecule has 4 rings (SSSR count). The first-order valence-electron chi connectivity index (χ1n) is 10.3. The van der Waals surface area contributed by atoms with Gasteiger partial charge in [0.15, 0.2) is 5.82 Å². The third-order valence-electron chi connectivity index (χ3n) is 5.23. The van der Waals surface area contributed by atoms with Crippen LogP contribution >= 0.6 is 0 Å². The molecule has 0 bridgehead atoms. The smallest absolute Gasteiger partial charge is 0.293 e. The minimum atomic E-state index is -0.339. The van der Waals surface area contributed by atoms with E-state index in [9.17, 15) is 14.4 Å². The molecule has 4 N–H and O–H groups in total. The number of anilines is 1. The molecule has 32 heavy (non-hydrogen) atoms. The Bertz CT molecular complexity index is 1350. The SMILES string of the molecule is Cc1cnc(NCCc2ccccc2)c(=O)n1CC(=O)NCc1ccc2[nH][nH]c(=O)c2c1. The summed E-state index contributed by atoms with van der Waals surface area (Å²) in [6.45, 7) is 2.43. The Hall–Kier alpha value is -4.14. The summed E-state index contributed by atoms with van der Waals surface area (Å²) in [5.41, 5.74) is 2.70. The quantitative estimate of drug-likeness (QED) is 0.337. The lowest BCUT2D eigenvalue weighted by molar-refractivity contribution is -0.121. The molecule has 164 valence electrons. The number of aromatic amines is 2. The Morgan fingerprint density at radius 2 is 1.88 bits per heavy atom. The van der Waals surface area contributed by atoms with Gasteiger partial charge < -0.3 is 10.6 Å². The number of aromatic nitrogens is 4. The van der Waals surface area contributed by atoms with Crippen LogP contribution in [0.25, 0.3) is 10.9 Å². The maximum absolute atomic E-state index is 12.8. The highest BCUT2D eigenvalue weighted by atomic mass is 16.2. The van der Waals surface area contributed by atoms with Crippen LogP contribution in [0, 0.1) is 6.92 Å². The summed E-state index contributed by atoms with van der Waals surface area (Å²) < 4.78 is 1.40. The van der Waals surface area contributed by atoms with Gasteiger partial charge in [0.2, 0.25) is 5.91 Å². The molecule has 0 fully saturated rings.